The molecule has 0 spiro atoms. The summed E-state index contributed by atoms with van der Waals surface area (Å²) in [5.74, 6) is 3.38. The molecule has 0 bridgehead atoms. The number of hydrogen-bond donors (Lipinski definition) is 2. The van der Waals surface area contributed by atoms with Crippen LogP contribution in [-0.2, 0) is 0 Å². The van der Waals surface area contributed by atoms with E-state index >= 15 is 0 Å². The van der Waals surface area contributed by atoms with Gasteiger partial charge in [-0.2, -0.15) is 0 Å². The maximum Gasteiger partial charge on any atom is 0.0462 e. The summed E-state index contributed by atoms with van der Waals surface area (Å²) in [5.41, 5.74) is 0. The fraction of sp³-hybridized carbons (Fsp3) is 1.00. The van der Waals surface area contributed by atoms with Crippen molar-refractivity contribution >= 4 is 0 Å². The smallest absolute Gasteiger partial charge is 0.0462 e. The number of aliphatic hydroxyl groups is 2. The Labute approximate surface area is 92.7 Å². The Balaban J connectivity index is 2.06. The molecule has 5 atom stereocenters. The van der Waals surface area contributed by atoms with Crippen LogP contribution in [0.1, 0.15) is 39.0 Å². The van der Waals surface area contributed by atoms with Gasteiger partial charge in [-0.05, 0) is 55.3 Å². The van der Waals surface area contributed by atoms with Crippen LogP contribution in [-0.4, -0.2) is 23.4 Å². The molecule has 0 aliphatic heterocycles. The lowest BCUT2D eigenvalue weighted by molar-refractivity contribution is 0.0673. The van der Waals surface area contributed by atoms with Gasteiger partial charge < -0.3 is 10.2 Å². The van der Waals surface area contributed by atoms with Crippen LogP contribution in [0.15, 0.2) is 0 Å². The standard InChI is InChI=1S/C13H24O2/c1-2-10-3-4-11(8-15)13-6-9(7-14)5-12(10)13/h9-15H,2-8H2,1H3. The van der Waals surface area contributed by atoms with Crippen molar-refractivity contribution in [2.75, 3.05) is 13.2 Å². The molecule has 2 saturated carbocycles. The normalized spacial score (nSPS) is 45.4. The summed E-state index contributed by atoms with van der Waals surface area (Å²) in [6.45, 7) is 2.99. The minimum absolute atomic E-state index is 0.349. The third kappa shape index (κ3) is 2.07. The van der Waals surface area contributed by atoms with Gasteiger partial charge in [-0.1, -0.05) is 13.3 Å². The van der Waals surface area contributed by atoms with Crippen LogP contribution in [0.4, 0.5) is 0 Å². The largest absolute Gasteiger partial charge is 0.396 e. The van der Waals surface area contributed by atoms with E-state index in [-0.39, 0.29) is 0 Å². The first kappa shape index (κ1) is 11.4. The maximum atomic E-state index is 9.39. The van der Waals surface area contributed by atoms with Crippen LogP contribution in [0.3, 0.4) is 0 Å². The third-order valence-electron chi connectivity index (χ3n) is 4.90. The van der Waals surface area contributed by atoms with E-state index in [1.165, 1.54) is 25.7 Å². The highest BCUT2D eigenvalue weighted by Crippen LogP contribution is 2.51. The van der Waals surface area contributed by atoms with Crippen molar-refractivity contribution in [3.8, 4) is 0 Å². The monoisotopic (exact) mass is 212 g/mol. The van der Waals surface area contributed by atoms with Gasteiger partial charge in [0.1, 0.15) is 0 Å². The van der Waals surface area contributed by atoms with E-state index in [1.807, 2.05) is 0 Å². The molecule has 0 amide bonds. The van der Waals surface area contributed by atoms with Crippen molar-refractivity contribution in [1.82, 2.24) is 0 Å². The van der Waals surface area contributed by atoms with Crippen molar-refractivity contribution < 1.29 is 10.2 Å². The summed E-state index contributed by atoms with van der Waals surface area (Å²) in [6.07, 6.45) is 6.13. The molecule has 5 unspecified atom stereocenters. The van der Waals surface area contributed by atoms with E-state index in [1.54, 1.807) is 0 Å². The molecular weight excluding hydrogens is 188 g/mol. The van der Waals surface area contributed by atoms with Crippen molar-refractivity contribution in [1.29, 1.82) is 0 Å². The van der Waals surface area contributed by atoms with E-state index in [0.29, 0.717) is 31.0 Å². The van der Waals surface area contributed by atoms with Crippen molar-refractivity contribution in [2.45, 2.75) is 39.0 Å². The Bertz CT molecular complexity index is 185. The van der Waals surface area contributed by atoms with Crippen LogP contribution in [0, 0.1) is 29.6 Å². The zero-order valence-electron chi connectivity index (χ0n) is 9.73. The Kier molecular flexibility index (Phi) is 3.68. The highest BCUT2D eigenvalue weighted by atomic mass is 16.3. The summed E-state index contributed by atoms with van der Waals surface area (Å²) in [5, 5.41) is 18.7. The zero-order valence-corrected chi connectivity index (χ0v) is 9.73. The lowest BCUT2D eigenvalue weighted by atomic mass is 9.67. The molecule has 0 aromatic carbocycles. The second-order valence-corrected chi connectivity index (χ2v) is 5.54. The first-order valence-electron chi connectivity index (χ1n) is 6.51. The van der Waals surface area contributed by atoms with Gasteiger partial charge in [-0.15, -0.1) is 0 Å². The number of hydrogen-bond acceptors (Lipinski definition) is 2. The van der Waals surface area contributed by atoms with Gasteiger partial charge in [-0.25, -0.2) is 0 Å². The molecule has 2 fully saturated rings. The van der Waals surface area contributed by atoms with Crippen LogP contribution in [0.5, 0.6) is 0 Å². The van der Waals surface area contributed by atoms with Gasteiger partial charge >= 0.3 is 0 Å². The Morgan fingerprint density at radius 2 is 1.53 bits per heavy atom. The number of rotatable bonds is 3. The number of aliphatic hydroxyl groups excluding tert-OH is 2. The fourth-order valence-corrected chi connectivity index (χ4v) is 4.04. The van der Waals surface area contributed by atoms with Gasteiger partial charge in [0.25, 0.3) is 0 Å². The third-order valence-corrected chi connectivity index (χ3v) is 4.90. The Hall–Kier alpha value is -0.0800. The molecule has 2 nitrogen and oxygen atoms in total. The van der Waals surface area contributed by atoms with Crippen LogP contribution < -0.4 is 0 Å². The van der Waals surface area contributed by atoms with E-state index in [4.69, 9.17) is 0 Å². The predicted octanol–water partition coefficient (Wildman–Crippen LogP) is 2.05. The first-order chi connectivity index (χ1) is 7.30. The maximum absolute atomic E-state index is 9.39. The molecule has 2 heteroatoms. The second kappa shape index (κ2) is 4.84. The van der Waals surface area contributed by atoms with Crippen LogP contribution in [0.2, 0.25) is 0 Å². The highest BCUT2D eigenvalue weighted by Gasteiger charge is 2.44. The SMILES string of the molecule is CCC1CCC(CO)C2CC(CO)CC12. The van der Waals surface area contributed by atoms with E-state index in [2.05, 4.69) is 6.92 Å². The van der Waals surface area contributed by atoms with Crippen molar-refractivity contribution in [3.05, 3.63) is 0 Å². The lowest BCUT2D eigenvalue weighted by Gasteiger charge is -2.38. The molecule has 0 saturated heterocycles. The summed E-state index contributed by atoms with van der Waals surface area (Å²) in [7, 11) is 0. The summed E-state index contributed by atoms with van der Waals surface area (Å²) >= 11 is 0. The molecule has 2 aliphatic rings. The molecule has 0 heterocycles. The average molecular weight is 212 g/mol. The predicted molar refractivity (Wildman–Crippen MR) is 60.4 cm³/mol. The summed E-state index contributed by atoms with van der Waals surface area (Å²) < 4.78 is 0. The van der Waals surface area contributed by atoms with E-state index in [9.17, 15) is 10.2 Å². The Morgan fingerprint density at radius 3 is 2.07 bits per heavy atom. The van der Waals surface area contributed by atoms with Gasteiger partial charge in [0, 0.05) is 13.2 Å². The lowest BCUT2D eigenvalue weighted by Crippen LogP contribution is -2.32. The minimum atomic E-state index is 0.349. The molecular formula is C13H24O2. The molecule has 0 radical (unpaired) electrons. The van der Waals surface area contributed by atoms with Crippen molar-refractivity contribution in [2.24, 2.45) is 29.6 Å². The summed E-state index contributed by atoms with van der Waals surface area (Å²) in [4.78, 5) is 0. The van der Waals surface area contributed by atoms with Gasteiger partial charge in [-0.3, -0.25) is 0 Å². The van der Waals surface area contributed by atoms with E-state index in [0.717, 1.165) is 18.3 Å². The van der Waals surface area contributed by atoms with Gasteiger partial charge in [0.05, 0.1) is 0 Å². The molecule has 2 aliphatic carbocycles. The van der Waals surface area contributed by atoms with Crippen molar-refractivity contribution in [3.63, 3.8) is 0 Å². The van der Waals surface area contributed by atoms with E-state index < -0.39 is 0 Å². The first-order valence-corrected chi connectivity index (χ1v) is 6.51. The molecule has 88 valence electrons. The van der Waals surface area contributed by atoms with Gasteiger partial charge in [0.15, 0.2) is 0 Å². The molecule has 0 aromatic heterocycles. The second-order valence-electron chi connectivity index (χ2n) is 5.54. The fourth-order valence-electron chi connectivity index (χ4n) is 4.04. The molecule has 0 aromatic rings. The average Bonchev–Trinajstić information content (AvgIpc) is 2.71. The summed E-state index contributed by atoms with van der Waals surface area (Å²) in [6, 6.07) is 0. The zero-order chi connectivity index (χ0) is 10.8. The van der Waals surface area contributed by atoms with Crippen LogP contribution in [0.25, 0.3) is 0 Å². The molecule has 2 N–H and O–H groups in total. The Morgan fingerprint density at radius 1 is 0.933 bits per heavy atom. The minimum Gasteiger partial charge on any atom is -0.396 e. The van der Waals surface area contributed by atoms with Gasteiger partial charge in [0.2, 0.25) is 0 Å². The molecule has 2 rings (SSSR count). The quantitative estimate of drug-likeness (QED) is 0.751. The molecule has 15 heavy (non-hydrogen) atoms. The highest BCUT2D eigenvalue weighted by molar-refractivity contribution is 4.93. The number of fused-ring (bicyclic) bond motifs is 1. The van der Waals surface area contributed by atoms with Crippen LogP contribution >= 0.6 is 0 Å². The topological polar surface area (TPSA) is 40.5 Å².